The van der Waals surface area contributed by atoms with E-state index in [1.807, 2.05) is 42.5 Å². The predicted octanol–water partition coefficient (Wildman–Crippen LogP) is 6.53. The summed E-state index contributed by atoms with van der Waals surface area (Å²) in [4.78, 5) is 0. The second-order valence-corrected chi connectivity index (χ2v) is 7.25. The molecule has 3 aromatic rings. The van der Waals surface area contributed by atoms with Crippen LogP contribution in [0.2, 0.25) is 5.02 Å². The zero-order chi connectivity index (χ0) is 18.4. The van der Waals surface area contributed by atoms with Crippen molar-refractivity contribution in [2.45, 2.75) is 19.7 Å². The SMILES string of the molecule is Cl.Fc1ccc(CNCc2cc(Br)ccc2OCc2ccc(Cl)cc2)cc1. The Labute approximate surface area is 178 Å². The summed E-state index contributed by atoms with van der Waals surface area (Å²) in [6, 6.07) is 20.1. The van der Waals surface area contributed by atoms with Crippen molar-refractivity contribution in [2.24, 2.45) is 0 Å². The van der Waals surface area contributed by atoms with Crippen LogP contribution in [-0.2, 0) is 19.7 Å². The molecule has 27 heavy (non-hydrogen) atoms. The zero-order valence-electron chi connectivity index (χ0n) is 14.4. The van der Waals surface area contributed by atoms with E-state index in [9.17, 15) is 4.39 Å². The van der Waals surface area contributed by atoms with Gasteiger partial charge in [0.1, 0.15) is 18.2 Å². The number of nitrogens with one attached hydrogen (secondary N) is 1. The molecule has 0 atom stereocenters. The number of hydrogen-bond acceptors (Lipinski definition) is 2. The van der Waals surface area contributed by atoms with Gasteiger partial charge in [0.05, 0.1) is 0 Å². The lowest BCUT2D eigenvalue weighted by atomic mass is 10.1. The maximum atomic E-state index is 13.0. The predicted molar refractivity (Wildman–Crippen MR) is 114 cm³/mol. The van der Waals surface area contributed by atoms with Gasteiger partial charge >= 0.3 is 0 Å². The van der Waals surface area contributed by atoms with Crippen molar-refractivity contribution >= 4 is 39.9 Å². The van der Waals surface area contributed by atoms with Crippen LogP contribution in [0.3, 0.4) is 0 Å². The summed E-state index contributed by atoms with van der Waals surface area (Å²) in [5.74, 6) is 0.605. The van der Waals surface area contributed by atoms with E-state index in [0.717, 1.165) is 26.9 Å². The highest BCUT2D eigenvalue weighted by Crippen LogP contribution is 2.24. The van der Waals surface area contributed by atoms with Crippen LogP contribution < -0.4 is 10.1 Å². The fourth-order valence-corrected chi connectivity index (χ4v) is 3.05. The first-order valence-corrected chi connectivity index (χ1v) is 9.38. The maximum absolute atomic E-state index is 13.0. The van der Waals surface area contributed by atoms with Gasteiger partial charge in [0.15, 0.2) is 0 Å². The molecule has 0 saturated heterocycles. The van der Waals surface area contributed by atoms with Gasteiger partial charge in [-0.2, -0.15) is 0 Å². The highest BCUT2D eigenvalue weighted by Gasteiger charge is 2.06. The highest BCUT2D eigenvalue weighted by atomic mass is 79.9. The lowest BCUT2D eigenvalue weighted by Gasteiger charge is -2.13. The van der Waals surface area contributed by atoms with Crippen LogP contribution in [0.5, 0.6) is 5.75 Å². The quantitative estimate of drug-likeness (QED) is 0.423. The number of benzene rings is 3. The molecule has 0 heterocycles. The molecule has 2 nitrogen and oxygen atoms in total. The largest absolute Gasteiger partial charge is 0.489 e. The van der Waals surface area contributed by atoms with Crippen molar-refractivity contribution in [1.82, 2.24) is 5.32 Å². The Bertz CT molecular complexity index is 857. The third-order valence-electron chi connectivity index (χ3n) is 3.89. The number of halogens is 4. The van der Waals surface area contributed by atoms with E-state index >= 15 is 0 Å². The van der Waals surface area contributed by atoms with Gasteiger partial charge in [-0.05, 0) is 53.6 Å². The maximum Gasteiger partial charge on any atom is 0.124 e. The molecule has 3 rings (SSSR count). The lowest BCUT2D eigenvalue weighted by Crippen LogP contribution is -2.13. The molecule has 0 unspecified atom stereocenters. The molecule has 0 aliphatic carbocycles. The fourth-order valence-electron chi connectivity index (χ4n) is 2.51. The van der Waals surface area contributed by atoms with Crippen LogP contribution >= 0.6 is 39.9 Å². The zero-order valence-corrected chi connectivity index (χ0v) is 17.6. The van der Waals surface area contributed by atoms with Crippen molar-refractivity contribution in [2.75, 3.05) is 0 Å². The minimum absolute atomic E-state index is 0. The first-order chi connectivity index (χ1) is 12.6. The minimum atomic E-state index is -0.223. The second kappa shape index (κ2) is 10.7. The summed E-state index contributed by atoms with van der Waals surface area (Å²) >= 11 is 9.42. The molecule has 142 valence electrons. The molecule has 0 amide bonds. The van der Waals surface area contributed by atoms with Crippen LogP contribution in [0.25, 0.3) is 0 Å². The second-order valence-electron chi connectivity index (χ2n) is 5.90. The third-order valence-corrected chi connectivity index (χ3v) is 4.63. The topological polar surface area (TPSA) is 21.3 Å². The van der Waals surface area contributed by atoms with Crippen molar-refractivity contribution in [3.8, 4) is 5.75 Å². The Balaban J connectivity index is 0.00000261. The van der Waals surface area contributed by atoms with Gasteiger partial charge < -0.3 is 10.1 Å². The number of ether oxygens (including phenoxy) is 1. The van der Waals surface area contributed by atoms with E-state index in [4.69, 9.17) is 16.3 Å². The molecule has 0 radical (unpaired) electrons. The third kappa shape index (κ3) is 6.82. The van der Waals surface area contributed by atoms with E-state index in [1.165, 1.54) is 12.1 Å². The molecule has 0 fully saturated rings. The van der Waals surface area contributed by atoms with Crippen molar-refractivity contribution < 1.29 is 9.13 Å². The van der Waals surface area contributed by atoms with E-state index < -0.39 is 0 Å². The molecule has 0 saturated carbocycles. The molecular formula is C21H19BrCl2FNO. The van der Waals surface area contributed by atoms with Gasteiger partial charge in [-0.15, -0.1) is 12.4 Å². The first-order valence-electron chi connectivity index (χ1n) is 8.21. The van der Waals surface area contributed by atoms with Gasteiger partial charge in [0, 0.05) is 28.1 Å². The molecule has 0 spiro atoms. The Hall–Kier alpha value is -1.59. The van der Waals surface area contributed by atoms with Crippen molar-refractivity contribution in [3.63, 3.8) is 0 Å². The first kappa shape index (κ1) is 21.7. The summed E-state index contributed by atoms with van der Waals surface area (Å²) in [5, 5.41) is 4.08. The molecule has 0 bridgehead atoms. The summed E-state index contributed by atoms with van der Waals surface area (Å²) in [7, 11) is 0. The van der Waals surface area contributed by atoms with E-state index in [-0.39, 0.29) is 18.2 Å². The Morgan fingerprint density at radius 3 is 2.26 bits per heavy atom. The minimum Gasteiger partial charge on any atom is -0.489 e. The molecule has 0 aromatic heterocycles. The monoisotopic (exact) mass is 469 g/mol. The van der Waals surface area contributed by atoms with E-state index in [0.29, 0.717) is 24.7 Å². The summed E-state index contributed by atoms with van der Waals surface area (Å²) < 4.78 is 19.9. The van der Waals surface area contributed by atoms with Crippen LogP contribution in [0.1, 0.15) is 16.7 Å². The van der Waals surface area contributed by atoms with Gasteiger partial charge in [-0.1, -0.05) is 51.8 Å². The smallest absolute Gasteiger partial charge is 0.124 e. The van der Waals surface area contributed by atoms with Crippen molar-refractivity contribution in [1.29, 1.82) is 0 Å². The van der Waals surface area contributed by atoms with Crippen LogP contribution in [0.15, 0.2) is 71.2 Å². The molecule has 3 aromatic carbocycles. The Morgan fingerprint density at radius 2 is 1.56 bits per heavy atom. The average molecular weight is 471 g/mol. The number of rotatable bonds is 7. The Morgan fingerprint density at radius 1 is 0.889 bits per heavy atom. The molecule has 6 heteroatoms. The van der Waals surface area contributed by atoms with Crippen molar-refractivity contribution in [3.05, 3.63) is 98.7 Å². The molecule has 0 aliphatic rings. The van der Waals surface area contributed by atoms with Crippen LogP contribution in [0, 0.1) is 5.82 Å². The molecule has 1 N–H and O–H groups in total. The average Bonchev–Trinajstić information content (AvgIpc) is 2.64. The fraction of sp³-hybridized carbons (Fsp3) is 0.143. The van der Waals surface area contributed by atoms with E-state index in [1.54, 1.807) is 12.1 Å². The van der Waals surface area contributed by atoms with E-state index in [2.05, 4.69) is 21.2 Å². The van der Waals surface area contributed by atoms with Crippen LogP contribution in [0.4, 0.5) is 4.39 Å². The molecule has 0 aliphatic heterocycles. The van der Waals surface area contributed by atoms with Gasteiger partial charge in [-0.3, -0.25) is 0 Å². The summed E-state index contributed by atoms with van der Waals surface area (Å²) in [6.45, 7) is 1.78. The summed E-state index contributed by atoms with van der Waals surface area (Å²) in [5.41, 5.74) is 3.14. The number of hydrogen-bond donors (Lipinski definition) is 1. The van der Waals surface area contributed by atoms with Crippen LogP contribution in [-0.4, -0.2) is 0 Å². The molecular weight excluding hydrogens is 452 g/mol. The Kier molecular flexibility index (Phi) is 8.58. The highest BCUT2D eigenvalue weighted by molar-refractivity contribution is 9.10. The van der Waals surface area contributed by atoms with Gasteiger partial charge in [-0.25, -0.2) is 4.39 Å². The summed E-state index contributed by atoms with van der Waals surface area (Å²) in [6.07, 6.45) is 0. The normalized spacial score (nSPS) is 10.3. The van der Waals surface area contributed by atoms with Gasteiger partial charge in [0.2, 0.25) is 0 Å². The standard InChI is InChI=1S/C21H18BrClFNO.ClH/c22-18-5-10-21(26-14-16-1-6-19(23)7-2-16)17(11-18)13-25-12-15-3-8-20(24)9-4-15;/h1-11,25H,12-14H2;1H. The lowest BCUT2D eigenvalue weighted by molar-refractivity contribution is 0.302. The van der Waals surface area contributed by atoms with Gasteiger partial charge in [0.25, 0.3) is 0 Å².